The molecule has 0 bridgehead atoms. The molecule has 6 heteroatoms. The lowest BCUT2D eigenvalue weighted by Gasteiger charge is -2.29. The second-order valence-electron chi connectivity index (χ2n) is 6.29. The van der Waals surface area contributed by atoms with Crippen molar-refractivity contribution in [3.63, 3.8) is 0 Å². The topological polar surface area (TPSA) is 55.4 Å². The zero-order valence-electron chi connectivity index (χ0n) is 14.1. The Morgan fingerprint density at radius 2 is 2.08 bits per heavy atom. The zero-order chi connectivity index (χ0) is 17.5. The van der Waals surface area contributed by atoms with Crippen molar-refractivity contribution in [1.29, 1.82) is 0 Å². The standard InChI is InChI=1S/C18H24BrNO3S/c1-12-5-3-4-6-15(12)20-17(21)10-23-18(22)11-24-16-8-7-14(19)9-13(16)2/h7-9,12,15H,3-6,10-11H2,1-2H3,(H,20,21)/t12-,15+/m0/s1. The van der Waals surface area contributed by atoms with Gasteiger partial charge in [0.1, 0.15) is 0 Å². The fraction of sp³-hybridized carbons (Fsp3) is 0.556. The van der Waals surface area contributed by atoms with E-state index in [4.69, 9.17) is 4.74 Å². The van der Waals surface area contributed by atoms with Crippen LogP contribution in [0.5, 0.6) is 0 Å². The first-order valence-corrected chi connectivity index (χ1v) is 10.1. The number of thioether (sulfide) groups is 1. The summed E-state index contributed by atoms with van der Waals surface area (Å²) in [6.45, 7) is 3.96. The first kappa shape index (κ1) is 19.3. The van der Waals surface area contributed by atoms with Crippen LogP contribution >= 0.6 is 27.7 Å². The van der Waals surface area contributed by atoms with Gasteiger partial charge >= 0.3 is 5.97 Å². The lowest BCUT2D eigenvalue weighted by Crippen LogP contribution is -2.43. The lowest BCUT2D eigenvalue weighted by molar-refractivity contribution is -0.146. The summed E-state index contributed by atoms with van der Waals surface area (Å²) >= 11 is 4.84. The summed E-state index contributed by atoms with van der Waals surface area (Å²) in [4.78, 5) is 24.8. The Bertz CT molecular complexity index is 594. The minimum Gasteiger partial charge on any atom is -0.455 e. The molecule has 1 aromatic rings. The van der Waals surface area contributed by atoms with Gasteiger partial charge in [0.2, 0.25) is 0 Å². The van der Waals surface area contributed by atoms with E-state index in [1.165, 1.54) is 18.2 Å². The summed E-state index contributed by atoms with van der Waals surface area (Å²) in [5.74, 6) is 0.130. The lowest BCUT2D eigenvalue weighted by atomic mass is 9.86. The van der Waals surface area contributed by atoms with Crippen molar-refractivity contribution < 1.29 is 14.3 Å². The van der Waals surface area contributed by atoms with Gasteiger partial charge in [0.05, 0.1) is 5.75 Å². The molecule has 0 radical (unpaired) electrons. The SMILES string of the molecule is Cc1cc(Br)ccc1SCC(=O)OCC(=O)N[C@@H]1CCCC[C@@H]1C. The highest BCUT2D eigenvalue weighted by molar-refractivity contribution is 9.10. The third-order valence-electron chi connectivity index (χ3n) is 4.30. The Hall–Kier alpha value is -1.01. The Balaban J connectivity index is 1.69. The molecule has 1 aliphatic carbocycles. The third kappa shape index (κ3) is 6.13. The van der Waals surface area contributed by atoms with Crippen molar-refractivity contribution in [1.82, 2.24) is 5.32 Å². The van der Waals surface area contributed by atoms with Gasteiger partial charge in [-0.25, -0.2) is 0 Å². The molecule has 1 amide bonds. The molecule has 0 aliphatic heterocycles. The third-order valence-corrected chi connectivity index (χ3v) is 5.95. The number of rotatable bonds is 6. The second-order valence-corrected chi connectivity index (χ2v) is 8.23. The van der Waals surface area contributed by atoms with E-state index in [2.05, 4.69) is 28.2 Å². The molecule has 0 spiro atoms. The fourth-order valence-electron chi connectivity index (χ4n) is 2.88. The van der Waals surface area contributed by atoms with Crippen LogP contribution in [0.1, 0.15) is 38.2 Å². The molecule has 1 saturated carbocycles. The fourth-order valence-corrected chi connectivity index (χ4v) is 4.16. The number of nitrogens with one attached hydrogen (secondary N) is 1. The van der Waals surface area contributed by atoms with Crippen molar-refractivity contribution in [2.75, 3.05) is 12.4 Å². The van der Waals surface area contributed by atoms with Gasteiger partial charge in [-0.15, -0.1) is 11.8 Å². The highest BCUT2D eigenvalue weighted by atomic mass is 79.9. The van der Waals surface area contributed by atoms with Gasteiger partial charge in [0.25, 0.3) is 5.91 Å². The number of carbonyl (C=O) groups excluding carboxylic acids is 2. The van der Waals surface area contributed by atoms with Gasteiger partial charge in [0, 0.05) is 15.4 Å². The Labute approximate surface area is 156 Å². The van der Waals surface area contributed by atoms with E-state index in [1.807, 2.05) is 25.1 Å². The maximum Gasteiger partial charge on any atom is 0.316 e. The molecule has 2 atom stereocenters. The Morgan fingerprint density at radius 3 is 2.79 bits per heavy atom. The molecule has 1 aliphatic rings. The number of amides is 1. The van der Waals surface area contributed by atoms with E-state index in [1.54, 1.807) is 0 Å². The highest BCUT2D eigenvalue weighted by Crippen LogP contribution is 2.25. The van der Waals surface area contributed by atoms with Crippen LogP contribution in [0.2, 0.25) is 0 Å². The van der Waals surface area contributed by atoms with Crippen LogP contribution in [0.3, 0.4) is 0 Å². The number of benzene rings is 1. The molecule has 24 heavy (non-hydrogen) atoms. The van der Waals surface area contributed by atoms with Gasteiger partial charge in [-0.1, -0.05) is 35.7 Å². The predicted octanol–water partition coefficient (Wildman–Crippen LogP) is 4.09. The number of ether oxygens (including phenoxy) is 1. The molecule has 2 rings (SSSR count). The van der Waals surface area contributed by atoms with Crippen LogP contribution in [0.25, 0.3) is 0 Å². The minimum atomic E-state index is -0.367. The van der Waals surface area contributed by atoms with Crippen LogP contribution in [-0.4, -0.2) is 30.3 Å². The van der Waals surface area contributed by atoms with Crippen LogP contribution in [0.15, 0.2) is 27.6 Å². The van der Waals surface area contributed by atoms with E-state index in [0.717, 1.165) is 34.2 Å². The summed E-state index contributed by atoms with van der Waals surface area (Å²) in [6, 6.07) is 6.13. The van der Waals surface area contributed by atoms with Crippen LogP contribution < -0.4 is 5.32 Å². The molecule has 1 fully saturated rings. The van der Waals surface area contributed by atoms with Crippen molar-refractivity contribution in [3.05, 3.63) is 28.2 Å². The second kappa shape index (κ2) is 9.47. The summed E-state index contributed by atoms with van der Waals surface area (Å²) in [5.41, 5.74) is 1.10. The van der Waals surface area contributed by atoms with Gasteiger partial charge in [-0.05, 0) is 49.4 Å². The summed E-state index contributed by atoms with van der Waals surface area (Å²) in [6.07, 6.45) is 4.54. The highest BCUT2D eigenvalue weighted by Gasteiger charge is 2.23. The smallest absolute Gasteiger partial charge is 0.316 e. The summed E-state index contributed by atoms with van der Waals surface area (Å²) < 4.78 is 6.10. The van der Waals surface area contributed by atoms with Crippen molar-refractivity contribution in [2.45, 2.75) is 50.5 Å². The molecule has 1 N–H and O–H groups in total. The summed E-state index contributed by atoms with van der Waals surface area (Å²) in [5, 5.41) is 2.98. The van der Waals surface area contributed by atoms with Gasteiger partial charge in [0.15, 0.2) is 6.61 Å². The molecule has 0 saturated heterocycles. The minimum absolute atomic E-state index is 0.193. The van der Waals surface area contributed by atoms with E-state index < -0.39 is 0 Å². The van der Waals surface area contributed by atoms with E-state index >= 15 is 0 Å². The molecule has 132 valence electrons. The molecule has 0 aromatic heterocycles. The summed E-state index contributed by atoms with van der Waals surface area (Å²) in [7, 11) is 0. The van der Waals surface area contributed by atoms with E-state index in [9.17, 15) is 9.59 Å². The van der Waals surface area contributed by atoms with E-state index in [-0.39, 0.29) is 30.3 Å². The van der Waals surface area contributed by atoms with Crippen LogP contribution in [0.4, 0.5) is 0 Å². The maximum atomic E-state index is 11.9. The first-order chi connectivity index (χ1) is 11.5. The monoisotopic (exact) mass is 413 g/mol. The van der Waals surface area contributed by atoms with Gasteiger partial charge < -0.3 is 10.1 Å². The quantitative estimate of drug-likeness (QED) is 0.563. The average molecular weight is 414 g/mol. The number of aryl methyl sites for hydroxylation is 1. The molecule has 4 nitrogen and oxygen atoms in total. The normalized spacial score (nSPS) is 20.5. The molecule has 0 unspecified atom stereocenters. The molecule has 0 heterocycles. The number of hydrogen-bond acceptors (Lipinski definition) is 4. The average Bonchev–Trinajstić information content (AvgIpc) is 2.54. The van der Waals surface area contributed by atoms with E-state index in [0.29, 0.717) is 5.92 Å². The van der Waals surface area contributed by atoms with Gasteiger partial charge in [-0.2, -0.15) is 0 Å². The van der Waals surface area contributed by atoms with Crippen molar-refractivity contribution >= 4 is 39.6 Å². The molecular formula is C18H24BrNO3S. The largest absolute Gasteiger partial charge is 0.455 e. The van der Waals surface area contributed by atoms with Crippen LogP contribution in [0, 0.1) is 12.8 Å². The molecular weight excluding hydrogens is 390 g/mol. The Kier molecular flexibility index (Phi) is 7.62. The van der Waals surface area contributed by atoms with Crippen molar-refractivity contribution in [3.8, 4) is 0 Å². The zero-order valence-corrected chi connectivity index (χ0v) is 16.5. The Morgan fingerprint density at radius 1 is 1.33 bits per heavy atom. The van der Waals surface area contributed by atoms with Gasteiger partial charge in [-0.3, -0.25) is 9.59 Å². The predicted molar refractivity (Wildman–Crippen MR) is 100 cm³/mol. The molecule has 1 aromatic carbocycles. The number of halogens is 1. The number of carbonyl (C=O) groups is 2. The van der Waals surface area contributed by atoms with Crippen molar-refractivity contribution in [2.24, 2.45) is 5.92 Å². The first-order valence-electron chi connectivity index (χ1n) is 8.29. The van der Waals surface area contributed by atoms with Crippen LogP contribution in [-0.2, 0) is 14.3 Å². The number of hydrogen-bond donors (Lipinski definition) is 1. The maximum absolute atomic E-state index is 11.9. The number of esters is 1.